The molecule has 1 aromatic heterocycles. The van der Waals surface area contributed by atoms with Crippen LogP contribution in [0, 0.1) is 0 Å². The number of rotatable bonds is 2. The van der Waals surface area contributed by atoms with Gasteiger partial charge in [-0.3, -0.25) is 0 Å². The largest absolute Gasteiger partial charge is 0.325 e. The number of hydrogen-bond donors (Lipinski definition) is 3. The molecule has 0 amide bonds. The summed E-state index contributed by atoms with van der Waals surface area (Å²) in [5.74, 6) is 0.505. The molecule has 1 aromatic rings. The number of aromatic amines is 2. The molecule has 1 heterocycles. The van der Waals surface area contributed by atoms with E-state index in [-0.39, 0.29) is 5.69 Å². The fourth-order valence-electron chi connectivity index (χ4n) is 2.51. The number of nitrogens with two attached hydrogens (primary N) is 1. The molecule has 0 aliphatic heterocycles. The van der Waals surface area contributed by atoms with Crippen molar-refractivity contribution in [3.63, 3.8) is 0 Å². The molecule has 0 bridgehead atoms. The first-order chi connectivity index (χ1) is 7.31. The molecule has 2 rings (SSSR count). The molecule has 15 heavy (non-hydrogen) atoms. The standard InChI is InChI=1S/C11H19N3O/c12-7-9-10(14-11(15)13-9)8-5-3-1-2-4-6-8/h8H,1-7,12H2,(H2,13,14,15). The van der Waals surface area contributed by atoms with Crippen molar-refractivity contribution in [3.05, 3.63) is 21.9 Å². The van der Waals surface area contributed by atoms with Crippen LogP contribution in [0.2, 0.25) is 0 Å². The molecule has 1 aliphatic carbocycles. The summed E-state index contributed by atoms with van der Waals surface area (Å²) >= 11 is 0. The maximum absolute atomic E-state index is 11.2. The van der Waals surface area contributed by atoms with Gasteiger partial charge >= 0.3 is 5.69 Å². The van der Waals surface area contributed by atoms with E-state index in [0.29, 0.717) is 12.5 Å². The van der Waals surface area contributed by atoms with E-state index < -0.39 is 0 Å². The first-order valence-corrected chi connectivity index (χ1v) is 5.82. The van der Waals surface area contributed by atoms with Gasteiger partial charge in [0.2, 0.25) is 0 Å². The SMILES string of the molecule is NCc1[nH]c(=O)[nH]c1C1CCCCCC1. The topological polar surface area (TPSA) is 74.7 Å². The van der Waals surface area contributed by atoms with Crippen molar-refractivity contribution in [2.45, 2.75) is 51.0 Å². The zero-order valence-corrected chi connectivity index (χ0v) is 9.01. The summed E-state index contributed by atoms with van der Waals surface area (Å²) in [7, 11) is 0. The van der Waals surface area contributed by atoms with Crippen LogP contribution >= 0.6 is 0 Å². The van der Waals surface area contributed by atoms with Gasteiger partial charge in [0.1, 0.15) is 0 Å². The monoisotopic (exact) mass is 209 g/mol. The maximum Gasteiger partial charge on any atom is 0.323 e. The predicted molar refractivity (Wildman–Crippen MR) is 59.7 cm³/mol. The molecule has 0 unspecified atom stereocenters. The van der Waals surface area contributed by atoms with Crippen LogP contribution in [0.4, 0.5) is 0 Å². The van der Waals surface area contributed by atoms with Crippen molar-refractivity contribution < 1.29 is 0 Å². The summed E-state index contributed by atoms with van der Waals surface area (Å²) in [6.07, 6.45) is 7.54. The Hall–Kier alpha value is -1.03. The van der Waals surface area contributed by atoms with Gasteiger partial charge in [-0.25, -0.2) is 4.79 Å². The van der Waals surface area contributed by atoms with Crippen LogP contribution in [0.15, 0.2) is 4.79 Å². The Labute approximate surface area is 89.3 Å². The van der Waals surface area contributed by atoms with Crippen molar-refractivity contribution in [3.8, 4) is 0 Å². The van der Waals surface area contributed by atoms with Gasteiger partial charge in [0.05, 0.1) is 5.69 Å². The number of aromatic nitrogens is 2. The third-order valence-corrected chi connectivity index (χ3v) is 3.31. The summed E-state index contributed by atoms with van der Waals surface area (Å²) in [6, 6.07) is 0. The van der Waals surface area contributed by atoms with Crippen molar-refractivity contribution in [1.82, 2.24) is 9.97 Å². The highest BCUT2D eigenvalue weighted by atomic mass is 16.1. The third kappa shape index (κ3) is 2.31. The minimum Gasteiger partial charge on any atom is -0.325 e. The van der Waals surface area contributed by atoms with Crippen molar-refractivity contribution in [1.29, 1.82) is 0 Å². The predicted octanol–water partition coefficient (Wildman–Crippen LogP) is 1.60. The van der Waals surface area contributed by atoms with E-state index >= 15 is 0 Å². The van der Waals surface area contributed by atoms with Gasteiger partial charge in [-0.2, -0.15) is 0 Å². The average molecular weight is 209 g/mol. The smallest absolute Gasteiger partial charge is 0.323 e. The van der Waals surface area contributed by atoms with Crippen LogP contribution < -0.4 is 11.4 Å². The van der Waals surface area contributed by atoms with E-state index in [1.807, 2.05) is 0 Å². The molecule has 4 N–H and O–H groups in total. The van der Waals surface area contributed by atoms with Crippen molar-refractivity contribution in [2.24, 2.45) is 5.73 Å². The van der Waals surface area contributed by atoms with E-state index in [4.69, 9.17) is 5.73 Å². The molecule has 1 aliphatic rings. The summed E-state index contributed by atoms with van der Waals surface area (Å²) in [5, 5.41) is 0. The molecule has 0 radical (unpaired) electrons. The Morgan fingerprint density at radius 3 is 2.40 bits per heavy atom. The first kappa shape index (κ1) is 10.5. The van der Waals surface area contributed by atoms with Crippen LogP contribution in [0.5, 0.6) is 0 Å². The Morgan fingerprint density at radius 1 is 1.13 bits per heavy atom. The average Bonchev–Trinajstić information content (AvgIpc) is 2.47. The first-order valence-electron chi connectivity index (χ1n) is 5.82. The third-order valence-electron chi connectivity index (χ3n) is 3.31. The minimum absolute atomic E-state index is 0.116. The van der Waals surface area contributed by atoms with Gasteiger partial charge in [-0.15, -0.1) is 0 Å². The van der Waals surface area contributed by atoms with Gasteiger partial charge in [-0.05, 0) is 12.8 Å². The van der Waals surface area contributed by atoms with Crippen molar-refractivity contribution >= 4 is 0 Å². The lowest BCUT2D eigenvalue weighted by Crippen LogP contribution is -2.06. The molecule has 0 spiro atoms. The van der Waals surface area contributed by atoms with E-state index in [1.165, 1.54) is 38.5 Å². The molecular formula is C11H19N3O. The Kier molecular flexibility index (Phi) is 3.26. The highest BCUT2D eigenvalue weighted by Crippen LogP contribution is 2.31. The minimum atomic E-state index is -0.116. The Morgan fingerprint density at radius 2 is 1.80 bits per heavy atom. The Bertz CT molecular complexity index is 358. The van der Waals surface area contributed by atoms with Crippen LogP contribution in [0.3, 0.4) is 0 Å². The van der Waals surface area contributed by atoms with E-state index in [9.17, 15) is 4.79 Å². The van der Waals surface area contributed by atoms with Gasteiger partial charge in [0, 0.05) is 18.2 Å². The van der Waals surface area contributed by atoms with Crippen LogP contribution in [-0.2, 0) is 6.54 Å². The van der Waals surface area contributed by atoms with E-state index in [2.05, 4.69) is 9.97 Å². The van der Waals surface area contributed by atoms with Gasteiger partial charge in [-0.1, -0.05) is 25.7 Å². The lowest BCUT2D eigenvalue weighted by molar-refractivity contribution is 0.574. The fraction of sp³-hybridized carbons (Fsp3) is 0.727. The summed E-state index contributed by atoms with van der Waals surface area (Å²) < 4.78 is 0. The number of H-pyrrole nitrogens is 2. The normalized spacial score (nSPS) is 19.0. The van der Waals surface area contributed by atoms with Gasteiger partial charge in [0.15, 0.2) is 0 Å². The highest BCUT2D eigenvalue weighted by Gasteiger charge is 2.19. The van der Waals surface area contributed by atoms with Gasteiger partial charge in [0.25, 0.3) is 0 Å². The molecule has 84 valence electrons. The molecular weight excluding hydrogens is 190 g/mol. The second-order valence-electron chi connectivity index (χ2n) is 4.36. The second kappa shape index (κ2) is 4.66. The summed E-state index contributed by atoms with van der Waals surface area (Å²) in [4.78, 5) is 16.9. The summed E-state index contributed by atoms with van der Waals surface area (Å²) in [6.45, 7) is 0.421. The molecule has 1 saturated carbocycles. The molecule has 0 aromatic carbocycles. The van der Waals surface area contributed by atoms with Crippen LogP contribution in [-0.4, -0.2) is 9.97 Å². The van der Waals surface area contributed by atoms with Crippen LogP contribution in [0.25, 0.3) is 0 Å². The highest BCUT2D eigenvalue weighted by molar-refractivity contribution is 5.16. The number of hydrogen-bond acceptors (Lipinski definition) is 2. The Balaban J connectivity index is 2.22. The molecule has 4 nitrogen and oxygen atoms in total. The lowest BCUT2D eigenvalue weighted by atomic mass is 9.95. The lowest BCUT2D eigenvalue weighted by Gasteiger charge is -2.13. The van der Waals surface area contributed by atoms with E-state index in [0.717, 1.165) is 11.4 Å². The maximum atomic E-state index is 11.2. The second-order valence-corrected chi connectivity index (χ2v) is 4.36. The molecule has 0 saturated heterocycles. The summed E-state index contributed by atoms with van der Waals surface area (Å²) in [5.41, 5.74) is 7.46. The zero-order chi connectivity index (χ0) is 10.7. The van der Waals surface area contributed by atoms with Gasteiger partial charge < -0.3 is 15.7 Å². The molecule has 1 fully saturated rings. The van der Waals surface area contributed by atoms with Crippen molar-refractivity contribution in [2.75, 3.05) is 0 Å². The number of imidazole rings is 1. The van der Waals surface area contributed by atoms with E-state index in [1.54, 1.807) is 0 Å². The molecule has 0 atom stereocenters. The van der Waals surface area contributed by atoms with Crippen LogP contribution in [0.1, 0.15) is 55.8 Å². The number of nitrogens with one attached hydrogen (secondary N) is 2. The molecule has 4 heteroatoms. The zero-order valence-electron chi connectivity index (χ0n) is 9.01. The quantitative estimate of drug-likeness (QED) is 0.647. The fourth-order valence-corrected chi connectivity index (χ4v) is 2.51.